The van der Waals surface area contributed by atoms with E-state index in [4.69, 9.17) is 15.6 Å². The highest BCUT2D eigenvalue weighted by Gasteiger charge is 2.13. The lowest BCUT2D eigenvalue weighted by molar-refractivity contribution is -0.118. The molecule has 0 fully saturated rings. The second-order valence-electron chi connectivity index (χ2n) is 4.18. The van der Waals surface area contributed by atoms with Gasteiger partial charge >= 0.3 is 5.97 Å². The number of rotatable bonds is 6. The first-order valence-electron chi connectivity index (χ1n) is 5.84. The van der Waals surface area contributed by atoms with E-state index >= 15 is 0 Å². The Morgan fingerprint density at radius 1 is 1.47 bits per heavy atom. The van der Waals surface area contributed by atoms with Gasteiger partial charge < -0.3 is 20.9 Å². The third kappa shape index (κ3) is 4.35. The number of nitrogens with one attached hydrogen (secondary N) is 1. The van der Waals surface area contributed by atoms with E-state index in [1.54, 1.807) is 13.0 Å². The molecule has 1 aromatic carbocycles. The van der Waals surface area contributed by atoms with E-state index < -0.39 is 5.97 Å². The van der Waals surface area contributed by atoms with E-state index in [-0.39, 0.29) is 30.5 Å². The number of carbonyl (C=O) groups excluding carboxylic acids is 1. The summed E-state index contributed by atoms with van der Waals surface area (Å²) in [5.74, 6) is -1.22. The second kappa shape index (κ2) is 6.86. The Morgan fingerprint density at radius 2 is 2.16 bits per heavy atom. The highest BCUT2D eigenvalue weighted by Crippen LogP contribution is 2.17. The molecule has 1 rings (SSSR count). The van der Waals surface area contributed by atoms with Crippen LogP contribution in [0.3, 0.4) is 0 Å². The Bertz CT molecular complexity index is 470. The zero-order valence-electron chi connectivity index (χ0n) is 11.0. The van der Waals surface area contributed by atoms with Gasteiger partial charge in [0, 0.05) is 19.3 Å². The molecule has 6 nitrogen and oxygen atoms in total. The molecule has 0 aliphatic carbocycles. The highest BCUT2D eigenvalue weighted by atomic mass is 16.5. The number of methoxy groups -OCH3 is 1. The van der Waals surface area contributed by atoms with Crippen molar-refractivity contribution >= 4 is 17.6 Å². The number of carbonyl (C=O) groups is 2. The molecule has 6 heteroatoms. The van der Waals surface area contributed by atoms with Crippen molar-refractivity contribution in [2.24, 2.45) is 5.73 Å². The van der Waals surface area contributed by atoms with Crippen LogP contribution >= 0.6 is 0 Å². The van der Waals surface area contributed by atoms with Crippen LogP contribution in [-0.4, -0.2) is 36.7 Å². The Labute approximate surface area is 111 Å². The summed E-state index contributed by atoms with van der Waals surface area (Å²) < 4.78 is 5.03. The Morgan fingerprint density at radius 3 is 2.63 bits per heavy atom. The smallest absolute Gasteiger partial charge is 0.335 e. The fourth-order valence-corrected chi connectivity index (χ4v) is 1.61. The third-order valence-electron chi connectivity index (χ3n) is 2.76. The Kier molecular flexibility index (Phi) is 5.47. The zero-order valence-corrected chi connectivity index (χ0v) is 11.0. The molecule has 0 saturated carbocycles. The van der Waals surface area contributed by atoms with Crippen LogP contribution in [0.4, 0.5) is 5.69 Å². The van der Waals surface area contributed by atoms with Crippen molar-refractivity contribution in [1.29, 1.82) is 0 Å². The van der Waals surface area contributed by atoms with Gasteiger partial charge in [0.05, 0.1) is 18.1 Å². The van der Waals surface area contributed by atoms with Crippen LogP contribution in [0.1, 0.15) is 22.3 Å². The number of aromatic carboxylic acids is 1. The molecule has 0 saturated heterocycles. The Hall–Kier alpha value is -1.92. The van der Waals surface area contributed by atoms with E-state index in [0.717, 1.165) is 0 Å². The van der Waals surface area contributed by atoms with Crippen molar-refractivity contribution < 1.29 is 19.4 Å². The Balaban J connectivity index is 2.72. The zero-order chi connectivity index (χ0) is 14.4. The predicted octanol–water partition coefficient (Wildman–Crippen LogP) is 0.996. The van der Waals surface area contributed by atoms with Crippen molar-refractivity contribution in [2.75, 3.05) is 19.0 Å². The lowest BCUT2D eigenvalue weighted by Crippen LogP contribution is -2.28. The summed E-state index contributed by atoms with van der Waals surface area (Å²) in [6.45, 7) is 2.00. The van der Waals surface area contributed by atoms with E-state index in [1.807, 2.05) is 0 Å². The van der Waals surface area contributed by atoms with Crippen LogP contribution in [0.25, 0.3) is 0 Å². The monoisotopic (exact) mass is 266 g/mol. The minimum Gasteiger partial charge on any atom is -0.478 e. The van der Waals surface area contributed by atoms with Crippen LogP contribution in [0, 0.1) is 6.92 Å². The van der Waals surface area contributed by atoms with Gasteiger partial charge in [-0.25, -0.2) is 4.79 Å². The second-order valence-corrected chi connectivity index (χ2v) is 4.18. The largest absolute Gasteiger partial charge is 0.478 e. The van der Waals surface area contributed by atoms with Crippen molar-refractivity contribution in [3.8, 4) is 0 Å². The third-order valence-corrected chi connectivity index (χ3v) is 2.76. The number of hydrogen-bond acceptors (Lipinski definition) is 4. The average molecular weight is 266 g/mol. The van der Waals surface area contributed by atoms with Crippen LogP contribution in [0.5, 0.6) is 0 Å². The number of aryl methyl sites for hydroxylation is 1. The lowest BCUT2D eigenvalue weighted by atomic mass is 10.1. The summed E-state index contributed by atoms with van der Waals surface area (Å²) in [5, 5.41) is 11.6. The maximum Gasteiger partial charge on any atom is 0.335 e. The first-order chi connectivity index (χ1) is 8.97. The molecule has 0 aliphatic heterocycles. The average Bonchev–Trinajstić information content (AvgIpc) is 2.38. The number of carboxylic acids is 1. The molecule has 0 radical (unpaired) electrons. The van der Waals surface area contributed by atoms with Gasteiger partial charge in [0.2, 0.25) is 5.91 Å². The molecule has 0 aliphatic rings. The maximum absolute atomic E-state index is 11.7. The van der Waals surface area contributed by atoms with Crippen molar-refractivity contribution in [3.63, 3.8) is 0 Å². The summed E-state index contributed by atoms with van der Waals surface area (Å²) in [5.41, 5.74) is 6.90. The molecule has 1 aromatic rings. The van der Waals surface area contributed by atoms with Gasteiger partial charge in [0.25, 0.3) is 0 Å². The van der Waals surface area contributed by atoms with E-state index in [1.165, 1.54) is 19.2 Å². The van der Waals surface area contributed by atoms with Gasteiger partial charge in [-0.1, -0.05) is 0 Å². The molecule has 0 heterocycles. The quantitative estimate of drug-likeness (QED) is 0.712. The molecule has 19 heavy (non-hydrogen) atoms. The van der Waals surface area contributed by atoms with Crippen molar-refractivity contribution in [2.45, 2.75) is 19.4 Å². The van der Waals surface area contributed by atoms with Gasteiger partial charge in [0.15, 0.2) is 0 Å². The topological polar surface area (TPSA) is 102 Å². The standard InChI is InChI=1S/C13H18N2O4/c1-8-5-9(13(17)18)3-4-11(8)15-12(16)6-10(7-14)19-2/h3-5,10H,6-7,14H2,1-2H3,(H,15,16)(H,17,18). The first-order valence-corrected chi connectivity index (χ1v) is 5.84. The van der Waals surface area contributed by atoms with Crippen LogP contribution in [0.15, 0.2) is 18.2 Å². The molecule has 0 bridgehead atoms. The van der Waals surface area contributed by atoms with Gasteiger partial charge in [-0.15, -0.1) is 0 Å². The predicted molar refractivity (Wildman–Crippen MR) is 71.2 cm³/mol. The van der Waals surface area contributed by atoms with Crippen molar-refractivity contribution in [3.05, 3.63) is 29.3 Å². The van der Waals surface area contributed by atoms with Crippen LogP contribution in [0.2, 0.25) is 0 Å². The number of hydrogen-bond donors (Lipinski definition) is 3. The minimum atomic E-state index is -0.997. The SMILES string of the molecule is COC(CN)CC(=O)Nc1ccc(C(=O)O)cc1C. The van der Waals surface area contributed by atoms with Crippen LogP contribution in [-0.2, 0) is 9.53 Å². The molecular weight excluding hydrogens is 248 g/mol. The molecule has 0 spiro atoms. The van der Waals surface area contributed by atoms with E-state index in [9.17, 15) is 9.59 Å². The molecule has 0 aromatic heterocycles. The molecule has 1 unspecified atom stereocenters. The van der Waals surface area contributed by atoms with Crippen molar-refractivity contribution in [1.82, 2.24) is 0 Å². The number of benzene rings is 1. The molecular formula is C13H18N2O4. The molecule has 4 N–H and O–H groups in total. The van der Waals surface area contributed by atoms with Gasteiger partial charge in [0.1, 0.15) is 0 Å². The number of carboxylic acid groups (broad SMARTS) is 1. The minimum absolute atomic E-state index is 0.160. The van der Waals surface area contributed by atoms with Gasteiger partial charge in [-0.2, -0.15) is 0 Å². The summed E-state index contributed by atoms with van der Waals surface area (Å²) in [6.07, 6.45) is -0.161. The molecule has 1 amide bonds. The van der Waals surface area contributed by atoms with Gasteiger partial charge in [-0.3, -0.25) is 4.79 Å². The summed E-state index contributed by atoms with van der Waals surface area (Å²) in [7, 11) is 1.50. The van der Waals surface area contributed by atoms with E-state index in [2.05, 4.69) is 5.32 Å². The molecule has 1 atom stereocenters. The maximum atomic E-state index is 11.7. The summed E-state index contributed by atoms with van der Waals surface area (Å²) in [6, 6.07) is 4.53. The molecule has 104 valence electrons. The summed E-state index contributed by atoms with van der Waals surface area (Å²) in [4.78, 5) is 22.5. The summed E-state index contributed by atoms with van der Waals surface area (Å²) >= 11 is 0. The fraction of sp³-hybridized carbons (Fsp3) is 0.385. The van der Waals surface area contributed by atoms with Gasteiger partial charge in [-0.05, 0) is 30.7 Å². The first kappa shape index (κ1) is 15.1. The number of ether oxygens (including phenoxy) is 1. The number of anilines is 1. The normalized spacial score (nSPS) is 11.9. The lowest BCUT2D eigenvalue weighted by Gasteiger charge is -2.13. The highest BCUT2D eigenvalue weighted by molar-refractivity contribution is 5.93. The number of nitrogens with two attached hydrogens (primary N) is 1. The van der Waals surface area contributed by atoms with Crippen LogP contribution < -0.4 is 11.1 Å². The number of amides is 1. The van der Waals surface area contributed by atoms with E-state index in [0.29, 0.717) is 11.3 Å². The fourth-order valence-electron chi connectivity index (χ4n) is 1.61.